The van der Waals surface area contributed by atoms with E-state index in [2.05, 4.69) is 4.72 Å². The zero-order chi connectivity index (χ0) is 14.8. The molecule has 1 heterocycles. The number of aromatic carboxylic acids is 1. The Labute approximate surface area is 119 Å². The van der Waals surface area contributed by atoms with Gasteiger partial charge in [0.05, 0.1) is 4.90 Å². The number of phenolic OH excluding ortho intramolecular Hbond substituents is 1. The Kier molecular flexibility index (Phi) is 4.07. The van der Waals surface area contributed by atoms with Gasteiger partial charge in [0.1, 0.15) is 10.6 Å². The molecule has 0 saturated heterocycles. The predicted octanol–water partition coefficient (Wildman–Crippen LogP) is 1.63. The van der Waals surface area contributed by atoms with E-state index in [1.807, 2.05) is 0 Å². The molecule has 2 aromatic rings. The maximum atomic E-state index is 12.0. The molecule has 106 valence electrons. The van der Waals surface area contributed by atoms with Crippen LogP contribution in [0.1, 0.15) is 15.2 Å². The van der Waals surface area contributed by atoms with E-state index in [1.165, 1.54) is 17.5 Å². The Morgan fingerprint density at radius 2 is 1.90 bits per heavy atom. The van der Waals surface area contributed by atoms with Gasteiger partial charge in [0, 0.05) is 11.9 Å². The van der Waals surface area contributed by atoms with E-state index in [0.29, 0.717) is 5.56 Å². The van der Waals surface area contributed by atoms with Gasteiger partial charge in [-0.1, -0.05) is 12.1 Å². The van der Waals surface area contributed by atoms with Crippen molar-refractivity contribution >= 4 is 27.3 Å². The Bertz CT molecular complexity index is 719. The van der Waals surface area contributed by atoms with Gasteiger partial charge >= 0.3 is 5.97 Å². The number of carboxylic acids is 1. The van der Waals surface area contributed by atoms with Gasteiger partial charge in [-0.05, 0) is 23.8 Å². The molecule has 8 heteroatoms. The molecule has 1 aromatic heterocycles. The standard InChI is InChI=1S/C12H11NO5S2/c14-9-3-1-8(2-4-9)6-13-20(17,18)10-5-11(12(15)16)19-7-10/h1-5,7,13-14H,6H2,(H,15,16). The minimum absolute atomic E-state index is 0.0324. The second kappa shape index (κ2) is 5.61. The highest BCUT2D eigenvalue weighted by Crippen LogP contribution is 2.19. The Morgan fingerprint density at radius 1 is 1.25 bits per heavy atom. The van der Waals surface area contributed by atoms with Crippen LogP contribution in [0.25, 0.3) is 0 Å². The molecule has 1 aromatic carbocycles. The van der Waals surface area contributed by atoms with Gasteiger partial charge in [-0.2, -0.15) is 0 Å². The molecule has 3 N–H and O–H groups in total. The fraction of sp³-hybridized carbons (Fsp3) is 0.0833. The average Bonchev–Trinajstić information content (AvgIpc) is 2.89. The normalized spacial score (nSPS) is 11.4. The van der Waals surface area contributed by atoms with Gasteiger partial charge < -0.3 is 10.2 Å². The second-order valence-electron chi connectivity index (χ2n) is 3.94. The number of benzene rings is 1. The molecule has 0 amide bonds. The lowest BCUT2D eigenvalue weighted by Gasteiger charge is -2.05. The maximum absolute atomic E-state index is 12.0. The van der Waals surface area contributed by atoms with Crippen LogP contribution in [0.2, 0.25) is 0 Å². The van der Waals surface area contributed by atoms with Crippen molar-refractivity contribution in [1.29, 1.82) is 0 Å². The molecule has 0 radical (unpaired) electrons. The van der Waals surface area contributed by atoms with Crippen LogP contribution in [0.4, 0.5) is 0 Å². The summed E-state index contributed by atoms with van der Waals surface area (Å²) < 4.78 is 26.3. The first-order valence-corrected chi connectivity index (χ1v) is 7.84. The highest BCUT2D eigenvalue weighted by atomic mass is 32.2. The van der Waals surface area contributed by atoms with Crippen molar-refractivity contribution in [2.75, 3.05) is 0 Å². The quantitative estimate of drug-likeness (QED) is 0.778. The molecule has 0 aliphatic carbocycles. The van der Waals surface area contributed by atoms with E-state index < -0.39 is 16.0 Å². The van der Waals surface area contributed by atoms with Crippen molar-refractivity contribution in [2.24, 2.45) is 0 Å². The summed E-state index contributed by atoms with van der Waals surface area (Å²) in [5.41, 5.74) is 0.681. The lowest BCUT2D eigenvalue weighted by molar-refractivity contribution is 0.0702. The van der Waals surface area contributed by atoms with Crippen LogP contribution in [0.3, 0.4) is 0 Å². The van der Waals surface area contributed by atoms with Gasteiger partial charge in [0.25, 0.3) is 0 Å². The molecule has 0 spiro atoms. The minimum atomic E-state index is -3.75. The molecule has 0 saturated carbocycles. The highest BCUT2D eigenvalue weighted by molar-refractivity contribution is 7.89. The third-order valence-electron chi connectivity index (χ3n) is 2.50. The van der Waals surface area contributed by atoms with Crippen LogP contribution in [-0.2, 0) is 16.6 Å². The molecule has 20 heavy (non-hydrogen) atoms. The van der Waals surface area contributed by atoms with E-state index in [-0.39, 0.29) is 22.1 Å². The highest BCUT2D eigenvalue weighted by Gasteiger charge is 2.18. The lowest BCUT2D eigenvalue weighted by atomic mass is 10.2. The summed E-state index contributed by atoms with van der Waals surface area (Å²) in [6, 6.07) is 7.21. The van der Waals surface area contributed by atoms with Crippen molar-refractivity contribution in [1.82, 2.24) is 4.72 Å². The third kappa shape index (κ3) is 3.35. The Hall–Kier alpha value is -1.90. The van der Waals surface area contributed by atoms with Crippen molar-refractivity contribution in [3.63, 3.8) is 0 Å². The van der Waals surface area contributed by atoms with Crippen LogP contribution in [-0.4, -0.2) is 24.6 Å². The van der Waals surface area contributed by atoms with Crippen LogP contribution in [0, 0.1) is 0 Å². The van der Waals surface area contributed by atoms with Crippen LogP contribution >= 0.6 is 11.3 Å². The number of phenols is 1. The number of nitrogens with one attached hydrogen (secondary N) is 1. The SMILES string of the molecule is O=C(O)c1cc(S(=O)(=O)NCc2ccc(O)cc2)cs1. The first-order chi connectivity index (χ1) is 9.38. The summed E-state index contributed by atoms with van der Waals surface area (Å²) >= 11 is 0.856. The number of hydrogen-bond donors (Lipinski definition) is 3. The Balaban J connectivity index is 2.10. The summed E-state index contributed by atoms with van der Waals surface area (Å²) in [5, 5.41) is 19.2. The monoisotopic (exact) mass is 313 g/mol. The molecule has 0 fully saturated rings. The van der Waals surface area contributed by atoms with E-state index in [1.54, 1.807) is 12.1 Å². The molecule has 0 aliphatic heterocycles. The van der Waals surface area contributed by atoms with Gasteiger partial charge in [0.15, 0.2) is 0 Å². The first-order valence-electron chi connectivity index (χ1n) is 5.48. The molecule has 0 aliphatic rings. The second-order valence-corrected chi connectivity index (χ2v) is 6.62. The van der Waals surface area contributed by atoms with E-state index in [0.717, 1.165) is 17.4 Å². The van der Waals surface area contributed by atoms with E-state index in [4.69, 9.17) is 10.2 Å². The van der Waals surface area contributed by atoms with Crippen molar-refractivity contribution < 1.29 is 23.4 Å². The average molecular weight is 313 g/mol. The molecule has 2 rings (SSSR count). The summed E-state index contributed by atoms with van der Waals surface area (Å²) in [6.07, 6.45) is 0. The first kappa shape index (κ1) is 14.5. The lowest BCUT2D eigenvalue weighted by Crippen LogP contribution is -2.22. The van der Waals surface area contributed by atoms with E-state index >= 15 is 0 Å². The summed E-state index contributed by atoms with van der Waals surface area (Å²) in [5.74, 6) is -1.06. The molecule has 0 unspecified atom stereocenters. The van der Waals surface area contributed by atoms with Crippen LogP contribution < -0.4 is 4.72 Å². The number of sulfonamides is 1. The van der Waals surface area contributed by atoms with Gasteiger partial charge in [-0.15, -0.1) is 11.3 Å². The number of rotatable bonds is 5. The molecule has 0 bridgehead atoms. The van der Waals surface area contributed by atoms with E-state index in [9.17, 15) is 13.2 Å². The maximum Gasteiger partial charge on any atom is 0.345 e. The number of aromatic hydroxyl groups is 1. The summed E-state index contributed by atoms with van der Waals surface area (Å²) in [7, 11) is -3.75. The minimum Gasteiger partial charge on any atom is -0.508 e. The molecule has 6 nitrogen and oxygen atoms in total. The number of carbonyl (C=O) groups is 1. The van der Waals surface area contributed by atoms with Crippen LogP contribution in [0.5, 0.6) is 5.75 Å². The molecule has 0 atom stereocenters. The molecular formula is C12H11NO5S2. The zero-order valence-corrected chi connectivity index (χ0v) is 11.7. The van der Waals surface area contributed by atoms with Crippen LogP contribution in [0.15, 0.2) is 40.6 Å². The smallest absolute Gasteiger partial charge is 0.345 e. The van der Waals surface area contributed by atoms with Gasteiger partial charge in [-0.3, -0.25) is 0 Å². The van der Waals surface area contributed by atoms with Crippen molar-refractivity contribution in [3.8, 4) is 5.75 Å². The van der Waals surface area contributed by atoms with Crippen molar-refractivity contribution in [3.05, 3.63) is 46.2 Å². The number of carboxylic acid groups (broad SMARTS) is 1. The predicted molar refractivity (Wildman–Crippen MR) is 73.4 cm³/mol. The molecular weight excluding hydrogens is 302 g/mol. The number of thiophene rings is 1. The van der Waals surface area contributed by atoms with Gasteiger partial charge in [0.2, 0.25) is 10.0 Å². The van der Waals surface area contributed by atoms with Crippen molar-refractivity contribution in [2.45, 2.75) is 11.4 Å². The fourth-order valence-electron chi connectivity index (χ4n) is 1.45. The van der Waals surface area contributed by atoms with Gasteiger partial charge in [-0.25, -0.2) is 17.9 Å². The summed E-state index contributed by atoms with van der Waals surface area (Å²) in [4.78, 5) is 10.6. The Morgan fingerprint density at radius 3 is 2.45 bits per heavy atom. The topological polar surface area (TPSA) is 104 Å². The number of hydrogen-bond acceptors (Lipinski definition) is 5. The zero-order valence-electron chi connectivity index (χ0n) is 10.1. The third-order valence-corrected chi connectivity index (χ3v) is 4.95. The fourth-order valence-corrected chi connectivity index (χ4v) is 3.58. The summed E-state index contributed by atoms with van der Waals surface area (Å²) in [6.45, 7) is 0.0564. The largest absolute Gasteiger partial charge is 0.508 e.